The molecule has 0 aliphatic heterocycles. The molecule has 0 aliphatic carbocycles. The Labute approximate surface area is 149 Å². The van der Waals surface area contributed by atoms with E-state index in [0.717, 1.165) is 11.8 Å². The first kappa shape index (κ1) is 17.7. The van der Waals surface area contributed by atoms with E-state index in [1.807, 2.05) is 12.1 Å². The Morgan fingerprint density at radius 1 is 1.08 bits per heavy atom. The molecule has 134 valence electrons. The molecule has 3 aromatic rings. The van der Waals surface area contributed by atoms with E-state index >= 15 is 0 Å². The maximum absolute atomic E-state index is 12.2. The second-order valence-electron chi connectivity index (χ2n) is 5.64. The first-order valence-corrected chi connectivity index (χ1v) is 9.57. The molecule has 8 heteroatoms. The monoisotopic (exact) mass is 372 g/mol. The number of ether oxygens (including phenoxy) is 1. The van der Waals surface area contributed by atoms with Gasteiger partial charge in [0, 0.05) is 23.4 Å². The number of amides is 1. The maximum atomic E-state index is 12.2. The number of hydrogen-bond acceptors (Lipinski definition) is 5. The van der Waals surface area contributed by atoms with Crippen molar-refractivity contribution < 1.29 is 22.7 Å². The van der Waals surface area contributed by atoms with Gasteiger partial charge in [-0.15, -0.1) is 0 Å². The van der Waals surface area contributed by atoms with Crippen molar-refractivity contribution in [2.24, 2.45) is 0 Å². The predicted molar refractivity (Wildman–Crippen MR) is 96.8 cm³/mol. The fourth-order valence-electron chi connectivity index (χ4n) is 2.53. The second-order valence-corrected chi connectivity index (χ2v) is 7.62. The number of benzene rings is 2. The van der Waals surface area contributed by atoms with Gasteiger partial charge in [-0.2, -0.15) is 0 Å². The van der Waals surface area contributed by atoms with Crippen LogP contribution in [0.2, 0.25) is 0 Å². The Morgan fingerprint density at radius 2 is 1.77 bits per heavy atom. The molecule has 0 bridgehead atoms. The third-order valence-corrected chi connectivity index (χ3v) is 4.86. The summed E-state index contributed by atoms with van der Waals surface area (Å²) >= 11 is 0. The van der Waals surface area contributed by atoms with Crippen LogP contribution in [0.15, 0.2) is 59.6 Å². The fourth-order valence-corrected chi connectivity index (χ4v) is 3.37. The fraction of sp³-hybridized carbons (Fsp3) is 0.111. The van der Waals surface area contributed by atoms with Crippen LogP contribution in [0.5, 0.6) is 0 Å². The maximum Gasteiger partial charge on any atom is 0.340 e. The highest BCUT2D eigenvalue weighted by Gasteiger charge is 2.17. The summed E-state index contributed by atoms with van der Waals surface area (Å²) in [4.78, 5) is 27.2. The molecule has 3 rings (SSSR count). The predicted octanol–water partition coefficient (Wildman–Crippen LogP) is 2.37. The van der Waals surface area contributed by atoms with Gasteiger partial charge in [0.15, 0.2) is 16.4 Å². The number of H-pyrrole nitrogens is 1. The van der Waals surface area contributed by atoms with Gasteiger partial charge in [-0.1, -0.05) is 30.3 Å². The van der Waals surface area contributed by atoms with Crippen LogP contribution >= 0.6 is 0 Å². The van der Waals surface area contributed by atoms with Gasteiger partial charge in [-0.25, -0.2) is 13.2 Å². The number of hydrogen-bond donors (Lipinski definition) is 2. The van der Waals surface area contributed by atoms with Gasteiger partial charge in [0.25, 0.3) is 5.91 Å². The second kappa shape index (κ2) is 7.01. The summed E-state index contributed by atoms with van der Waals surface area (Å²) in [6, 6.07) is 13.2. The van der Waals surface area contributed by atoms with Gasteiger partial charge in [-0.3, -0.25) is 4.79 Å². The summed E-state index contributed by atoms with van der Waals surface area (Å²) in [5.41, 5.74) is 1.25. The molecule has 7 nitrogen and oxygen atoms in total. The summed E-state index contributed by atoms with van der Waals surface area (Å²) < 4.78 is 28.5. The number of carbonyl (C=O) groups is 2. The molecule has 26 heavy (non-hydrogen) atoms. The van der Waals surface area contributed by atoms with E-state index in [1.54, 1.807) is 24.3 Å². The zero-order chi connectivity index (χ0) is 18.7. The molecule has 1 aromatic heterocycles. The van der Waals surface area contributed by atoms with Crippen LogP contribution in [0, 0.1) is 0 Å². The van der Waals surface area contributed by atoms with Crippen molar-refractivity contribution in [3.63, 3.8) is 0 Å². The number of nitrogens with one attached hydrogen (secondary N) is 2. The van der Waals surface area contributed by atoms with Crippen LogP contribution in [0.4, 0.5) is 5.69 Å². The minimum absolute atomic E-state index is 0.00342. The highest BCUT2D eigenvalue weighted by molar-refractivity contribution is 7.90. The van der Waals surface area contributed by atoms with Gasteiger partial charge in [-0.05, 0) is 18.2 Å². The molecule has 0 unspecified atom stereocenters. The third-order valence-electron chi connectivity index (χ3n) is 3.70. The van der Waals surface area contributed by atoms with Crippen LogP contribution < -0.4 is 5.32 Å². The number of esters is 1. The molecule has 1 amide bonds. The van der Waals surface area contributed by atoms with Crippen LogP contribution in [-0.4, -0.2) is 38.1 Å². The third kappa shape index (κ3) is 3.75. The lowest BCUT2D eigenvalue weighted by molar-refractivity contribution is -0.119. The molecule has 2 aromatic carbocycles. The molecule has 2 N–H and O–H groups in total. The lowest BCUT2D eigenvalue weighted by Crippen LogP contribution is -2.22. The van der Waals surface area contributed by atoms with Crippen molar-refractivity contribution in [2.75, 3.05) is 18.2 Å². The van der Waals surface area contributed by atoms with Crippen molar-refractivity contribution in [1.29, 1.82) is 0 Å². The van der Waals surface area contributed by atoms with E-state index in [4.69, 9.17) is 4.74 Å². The van der Waals surface area contributed by atoms with Gasteiger partial charge >= 0.3 is 5.97 Å². The van der Waals surface area contributed by atoms with E-state index in [1.165, 1.54) is 18.3 Å². The van der Waals surface area contributed by atoms with E-state index in [2.05, 4.69) is 10.3 Å². The molecule has 0 fully saturated rings. The highest BCUT2D eigenvalue weighted by atomic mass is 32.2. The number of rotatable bonds is 5. The number of para-hydroxylation sites is 2. The van der Waals surface area contributed by atoms with Crippen molar-refractivity contribution in [1.82, 2.24) is 4.98 Å². The lowest BCUT2D eigenvalue weighted by atomic mass is 10.2. The molecule has 1 heterocycles. The molecule has 0 spiro atoms. The van der Waals surface area contributed by atoms with Crippen LogP contribution in [0.3, 0.4) is 0 Å². The number of aromatic nitrogens is 1. The molecule has 0 radical (unpaired) electrons. The van der Waals surface area contributed by atoms with Crippen LogP contribution in [-0.2, 0) is 19.4 Å². The summed E-state index contributed by atoms with van der Waals surface area (Å²) in [6.45, 7) is -0.531. The van der Waals surface area contributed by atoms with E-state index in [9.17, 15) is 18.0 Å². The average Bonchev–Trinajstić information content (AvgIpc) is 3.03. The van der Waals surface area contributed by atoms with E-state index in [0.29, 0.717) is 10.9 Å². The number of anilines is 1. The minimum atomic E-state index is -3.50. The molecule has 0 aliphatic rings. The van der Waals surface area contributed by atoms with Crippen molar-refractivity contribution in [2.45, 2.75) is 4.90 Å². The zero-order valence-electron chi connectivity index (χ0n) is 13.9. The number of sulfone groups is 1. The Bertz CT molecular complexity index is 1090. The molecule has 0 saturated heterocycles. The summed E-state index contributed by atoms with van der Waals surface area (Å²) in [7, 11) is -3.50. The van der Waals surface area contributed by atoms with Gasteiger partial charge in [0.1, 0.15) is 0 Å². The number of aromatic amines is 1. The highest BCUT2D eigenvalue weighted by Crippen LogP contribution is 2.21. The summed E-state index contributed by atoms with van der Waals surface area (Å²) in [6.07, 6.45) is 2.57. The largest absolute Gasteiger partial charge is 0.452 e. The Kier molecular flexibility index (Phi) is 4.77. The van der Waals surface area contributed by atoms with Crippen molar-refractivity contribution in [3.8, 4) is 0 Å². The van der Waals surface area contributed by atoms with Crippen LogP contribution in [0.25, 0.3) is 10.9 Å². The first-order valence-electron chi connectivity index (χ1n) is 7.68. The molecular formula is C18H16N2O5S. The first-order chi connectivity index (χ1) is 12.4. The van der Waals surface area contributed by atoms with Gasteiger partial charge in [0.05, 0.1) is 16.1 Å². The average molecular weight is 372 g/mol. The summed E-state index contributed by atoms with van der Waals surface area (Å²) in [5.74, 6) is -1.27. The smallest absolute Gasteiger partial charge is 0.340 e. The van der Waals surface area contributed by atoms with Crippen molar-refractivity contribution >= 4 is 38.3 Å². The zero-order valence-corrected chi connectivity index (χ0v) is 14.7. The minimum Gasteiger partial charge on any atom is -0.452 e. The number of fused-ring (bicyclic) bond motifs is 1. The molecular weight excluding hydrogens is 356 g/mol. The Hall–Kier alpha value is -3.13. The normalized spacial score (nSPS) is 11.3. The quantitative estimate of drug-likeness (QED) is 0.669. The standard InChI is InChI=1S/C18H16N2O5S/c1-26(23,24)16-9-5-4-8-15(16)20-17(21)11-25-18(22)13-10-19-14-7-3-2-6-12(13)14/h2-10,19H,11H2,1H3,(H,20,21). The molecule has 0 saturated carbocycles. The molecule has 0 atom stereocenters. The van der Waals surface area contributed by atoms with Gasteiger partial charge in [0.2, 0.25) is 0 Å². The summed E-state index contributed by atoms with van der Waals surface area (Å²) in [5, 5.41) is 3.15. The van der Waals surface area contributed by atoms with E-state index < -0.39 is 28.3 Å². The topological polar surface area (TPSA) is 105 Å². The van der Waals surface area contributed by atoms with Crippen LogP contribution in [0.1, 0.15) is 10.4 Å². The Balaban J connectivity index is 1.68. The SMILES string of the molecule is CS(=O)(=O)c1ccccc1NC(=O)COC(=O)c1c[nH]c2ccccc12. The van der Waals surface area contributed by atoms with Crippen molar-refractivity contribution in [3.05, 3.63) is 60.3 Å². The number of carbonyl (C=O) groups excluding carboxylic acids is 2. The lowest BCUT2D eigenvalue weighted by Gasteiger charge is -2.10. The van der Waals surface area contributed by atoms with Gasteiger partial charge < -0.3 is 15.0 Å². The Morgan fingerprint density at radius 3 is 2.54 bits per heavy atom. The van der Waals surface area contributed by atoms with E-state index in [-0.39, 0.29) is 10.6 Å².